The Morgan fingerprint density at radius 1 is 0.895 bits per heavy atom. The van der Waals surface area contributed by atoms with Gasteiger partial charge >= 0.3 is 0 Å². The number of nitrogens with one attached hydrogen (secondary N) is 1. The van der Waals surface area contributed by atoms with E-state index >= 15 is 0 Å². The molecule has 5 aliphatic carbocycles. The predicted molar refractivity (Wildman–Crippen MR) is 154 cm³/mol. The Balaban J connectivity index is 1.52. The van der Waals surface area contributed by atoms with Crippen molar-refractivity contribution in [2.75, 3.05) is 6.54 Å². The van der Waals surface area contributed by atoms with Crippen LogP contribution in [0.4, 0.5) is 0 Å². The highest BCUT2D eigenvalue weighted by Crippen LogP contribution is 2.75. The topological polar surface area (TPSA) is 69.6 Å². The second-order valence-electron chi connectivity index (χ2n) is 16.4. The highest BCUT2D eigenvalue weighted by molar-refractivity contribution is 5.83. The third kappa shape index (κ3) is 3.70. The summed E-state index contributed by atoms with van der Waals surface area (Å²) in [7, 11) is 0. The summed E-state index contributed by atoms with van der Waals surface area (Å²) in [6, 6.07) is 0. The van der Waals surface area contributed by atoms with E-state index < -0.39 is 11.5 Å². The Labute approximate surface area is 232 Å². The monoisotopic (exact) mass is 527 g/mol. The molecular formula is C34H57NO3. The van der Waals surface area contributed by atoms with E-state index in [1.54, 1.807) is 5.57 Å². The van der Waals surface area contributed by atoms with Crippen molar-refractivity contribution in [1.82, 2.24) is 5.32 Å². The molecule has 4 saturated carbocycles. The number of carbonyl (C=O) groups is 1. The molecule has 38 heavy (non-hydrogen) atoms. The number of hydrogen-bond donors (Lipinski definition) is 3. The number of aliphatic hydroxyl groups excluding tert-OH is 2. The van der Waals surface area contributed by atoms with Crippen molar-refractivity contribution in [2.45, 2.75) is 138 Å². The molecule has 1 amide bonds. The molecule has 0 saturated heterocycles. The summed E-state index contributed by atoms with van der Waals surface area (Å²) in [4.78, 5) is 13.7. The van der Waals surface area contributed by atoms with Crippen LogP contribution in [0.5, 0.6) is 0 Å². The molecule has 4 nitrogen and oxygen atoms in total. The zero-order valence-corrected chi connectivity index (χ0v) is 25.8. The summed E-state index contributed by atoms with van der Waals surface area (Å²) in [6.07, 6.45) is 13.1. The van der Waals surface area contributed by atoms with Crippen molar-refractivity contribution >= 4 is 5.91 Å². The molecule has 0 aliphatic heterocycles. The third-order valence-corrected chi connectivity index (χ3v) is 14.1. The maximum atomic E-state index is 13.7. The predicted octanol–water partition coefficient (Wildman–Crippen LogP) is 7.04. The average Bonchev–Trinajstić information content (AvgIpc) is 2.83. The standard InChI is InChI=1S/C34H57NO3/c1-9-10-19-35-28(38)34(8)25-13-16-33(7)24(31(25,5)15-14-26(34)36)12-11-22-23-20-29(2,3)21-27(37)30(23,4)17-18-32(22,33)6/h11,23-27,36-37H,9-10,12-21H2,1-8H3,(H,35,38)/t23-,24-,25?,26+,27-,30-,31-,32-,33-,34-/m1/s1. The SMILES string of the molecule is CCCCNC(=O)[C@]1(C)C2CC[C@]3(C)[C@H](CC=C4[C@H]5CC(C)(C)C[C@@H](O)[C@]5(C)CC[C@]43C)[C@@]2(C)CC[C@@H]1O. The van der Waals surface area contributed by atoms with Crippen LogP contribution in [0.3, 0.4) is 0 Å². The number of amides is 1. The van der Waals surface area contributed by atoms with Crippen LogP contribution >= 0.6 is 0 Å². The molecule has 5 rings (SSSR count). The molecule has 0 aromatic heterocycles. The van der Waals surface area contributed by atoms with Gasteiger partial charge in [0.15, 0.2) is 0 Å². The lowest BCUT2D eigenvalue weighted by Crippen LogP contribution is -2.67. The average molecular weight is 528 g/mol. The molecule has 4 heteroatoms. The van der Waals surface area contributed by atoms with Crippen molar-refractivity contribution in [3.8, 4) is 0 Å². The number of hydrogen-bond acceptors (Lipinski definition) is 3. The minimum Gasteiger partial charge on any atom is -0.393 e. The van der Waals surface area contributed by atoms with Crippen molar-refractivity contribution in [1.29, 1.82) is 0 Å². The molecule has 216 valence electrons. The molecule has 1 unspecified atom stereocenters. The largest absolute Gasteiger partial charge is 0.393 e. The molecule has 0 bridgehead atoms. The number of aliphatic hydroxyl groups is 2. The van der Waals surface area contributed by atoms with Crippen molar-refractivity contribution in [3.63, 3.8) is 0 Å². The second kappa shape index (κ2) is 9.07. The van der Waals surface area contributed by atoms with Gasteiger partial charge in [0.1, 0.15) is 0 Å². The summed E-state index contributed by atoms with van der Waals surface area (Å²) >= 11 is 0. The summed E-state index contributed by atoms with van der Waals surface area (Å²) in [6.45, 7) is 19.6. The number of unbranched alkanes of at least 4 members (excludes halogenated alkanes) is 1. The first-order valence-electron chi connectivity index (χ1n) is 16.0. The van der Waals surface area contributed by atoms with Crippen molar-refractivity contribution in [2.24, 2.45) is 50.2 Å². The molecule has 5 aliphatic rings. The lowest BCUT2D eigenvalue weighted by molar-refractivity contribution is -0.211. The maximum absolute atomic E-state index is 13.7. The lowest BCUT2D eigenvalue weighted by atomic mass is 9.33. The number of carbonyl (C=O) groups excluding carboxylic acids is 1. The molecular weight excluding hydrogens is 470 g/mol. The number of fused-ring (bicyclic) bond motifs is 7. The third-order valence-electron chi connectivity index (χ3n) is 14.1. The molecule has 0 radical (unpaired) electrons. The molecule has 0 aromatic carbocycles. The van der Waals surface area contributed by atoms with Gasteiger partial charge in [-0.1, -0.05) is 66.5 Å². The van der Waals surface area contributed by atoms with Crippen LogP contribution in [0.2, 0.25) is 0 Å². The summed E-state index contributed by atoms with van der Waals surface area (Å²) in [5.74, 6) is 1.22. The minimum atomic E-state index is -0.727. The second-order valence-corrected chi connectivity index (χ2v) is 16.4. The van der Waals surface area contributed by atoms with E-state index in [-0.39, 0.29) is 45.0 Å². The van der Waals surface area contributed by atoms with Crippen LogP contribution < -0.4 is 5.32 Å². The Bertz CT molecular complexity index is 988. The van der Waals surface area contributed by atoms with Gasteiger partial charge in [0.2, 0.25) is 5.91 Å². The first-order valence-corrected chi connectivity index (χ1v) is 16.0. The van der Waals surface area contributed by atoms with Gasteiger partial charge in [-0.15, -0.1) is 0 Å². The highest BCUT2D eigenvalue weighted by Gasteiger charge is 2.70. The zero-order chi connectivity index (χ0) is 27.9. The van der Waals surface area contributed by atoms with E-state index in [1.807, 2.05) is 0 Å². The lowest BCUT2D eigenvalue weighted by Gasteiger charge is -2.71. The number of rotatable bonds is 4. The van der Waals surface area contributed by atoms with Gasteiger partial charge in [0.25, 0.3) is 0 Å². The van der Waals surface area contributed by atoms with Crippen LogP contribution in [0.25, 0.3) is 0 Å². The molecule has 0 spiro atoms. The fourth-order valence-electron chi connectivity index (χ4n) is 11.2. The Hall–Kier alpha value is -0.870. The zero-order valence-electron chi connectivity index (χ0n) is 25.8. The smallest absolute Gasteiger partial charge is 0.228 e. The highest BCUT2D eigenvalue weighted by atomic mass is 16.3. The van der Waals surface area contributed by atoms with E-state index in [2.05, 4.69) is 66.8 Å². The van der Waals surface area contributed by atoms with Gasteiger partial charge in [-0.3, -0.25) is 4.79 Å². The molecule has 10 atom stereocenters. The maximum Gasteiger partial charge on any atom is 0.228 e. The van der Waals surface area contributed by atoms with E-state index in [1.165, 1.54) is 6.42 Å². The normalized spacial score (nSPS) is 51.5. The van der Waals surface area contributed by atoms with Crippen molar-refractivity contribution in [3.05, 3.63) is 11.6 Å². The summed E-state index contributed by atoms with van der Waals surface area (Å²) in [5, 5.41) is 26.0. The van der Waals surface area contributed by atoms with Crippen LogP contribution in [0.15, 0.2) is 11.6 Å². The number of allylic oxidation sites excluding steroid dienone is 2. The van der Waals surface area contributed by atoms with Crippen LogP contribution in [-0.4, -0.2) is 34.9 Å². The molecule has 3 N–H and O–H groups in total. The fraction of sp³-hybridized carbons (Fsp3) is 0.912. The van der Waals surface area contributed by atoms with E-state index in [0.29, 0.717) is 24.8 Å². The van der Waals surface area contributed by atoms with E-state index in [0.717, 1.165) is 57.8 Å². The Morgan fingerprint density at radius 2 is 1.61 bits per heavy atom. The van der Waals surface area contributed by atoms with Gasteiger partial charge in [0, 0.05) is 12.0 Å². The van der Waals surface area contributed by atoms with E-state index in [9.17, 15) is 15.0 Å². The van der Waals surface area contributed by atoms with Gasteiger partial charge in [-0.25, -0.2) is 0 Å². The minimum absolute atomic E-state index is 0.0186. The van der Waals surface area contributed by atoms with Crippen LogP contribution in [-0.2, 0) is 4.79 Å². The molecule has 4 fully saturated rings. The van der Waals surface area contributed by atoms with Crippen molar-refractivity contribution < 1.29 is 15.0 Å². The first kappa shape index (κ1) is 28.7. The van der Waals surface area contributed by atoms with Gasteiger partial charge < -0.3 is 15.5 Å². The van der Waals surface area contributed by atoms with Gasteiger partial charge in [0.05, 0.1) is 17.6 Å². The van der Waals surface area contributed by atoms with Crippen LogP contribution in [0.1, 0.15) is 126 Å². The summed E-state index contributed by atoms with van der Waals surface area (Å²) < 4.78 is 0. The quantitative estimate of drug-likeness (QED) is 0.271. The Morgan fingerprint density at radius 3 is 2.29 bits per heavy atom. The molecule has 0 heterocycles. The first-order chi connectivity index (χ1) is 17.6. The fourth-order valence-corrected chi connectivity index (χ4v) is 11.2. The van der Waals surface area contributed by atoms with Crippen LogP contribution in [0, 0.1) is 50.2 Å². The summed E-state index contributed by atoms with van der Waals surface area (Å²) in [5.41, 5.74) is 1.38. The van der Waals surface area contributed by atoms with Gasteiger partial charge in [-0.2, -0.15) is 0 Å². The Kier molecular flexibility index (Phi) is 6.84. The molecule has 0 aromatic rings. The van der Waals surface area contributed by atoms with Gasteiger partial charge in [-0.05, 0) is 111 Å². The van der Waals surface area contributed by atoms with E-state index in [4.69, 9.17) is 0 Å².